The van der Waals surface area contributed by atoms with E-state index in [9.17, 15) is 4.79 Å². The van der Waals surface area contributed by atoms with Crippen LogP contribution in [0.1, 0.15) is 16.9 Å². The number of rotatable bonds is 3. The molecular weight excluding hydrogens is 240 g/mol. The van der Waals surface area contributed by atoms with Gasteiger partial charge in [0.1, 0.15) is 6.54 Å². The Labute approximate surface area is 101 Å². The number of hydrogen-bond acceptors (Lipinski definition) is 5. The summed E-state index contributed by atoms with van der Waals surface area (Å²) in [6.45, 7) is -0.203. The zero-order chi connectivity index (χ0) is 11.8. The second-order valence-electron chi connectivity index (χ2n) is 3.97. The molecule has 0 fully saturated rings. The van der Waals surface area contributed by atoms with Crippen molar-refractivity contribution in [3.8, 4) is 10.7 Å². The lowest BCUT2D eigenvalue weighted by Crippen LogP contribution is -2.11. The Balaban J connectivity index is 1.97. The molecule has 3 rings (SSSR count). The summed E-state index contributed by atoms with van der Waals surface area (Å²) in [5, 5.41) is 19.9. The van der Waals surface area contributed by atoms with E-state index >= 15 is 0 Å². The summed E-state index contributed by atoms with van der Waals surface area (Å²) in [6.07, 6.45) is 3.42. The molecule has 0 radical (unpaired) electrons. The van der Waals surface area contributed by atoms with Crippen LogP contribution in [0.3, 0.4) is 0 Å². The quantitative estimate of drug-likeness (QED) is 0.878. The number of hydrogen-bond donors (Lipinski definition) is 1. The van der Waals surface area contributed by atoms with Crippen molar-refractivity contribution < 1.29 is 9.90 Å². The normalized spacial score (nSPS) is 13.9. The fraction of sp³-hybridized carbons (Fsp3) is 0.400. The molecule has 0 unspecified atom stereocenters. The molecule has 1 aliphatic carbocycles. The third-order valence-corrected chi connectivity index (χ3v) is 4.02. The van der Waals surface area contributed by atoms with Crippen molar-refractivity contribution in [1.29, 1.82) is 0 Å². The number of thiophene rings is 1. The van der Waals surface area contributed by atoms with Gasteiger partial charge in [-0.15, -0.1) is 16.4 Å². The van der Waals surface area contributed by atoms with Crippen molar-refractivity contribution in [3.63, 3.8) is 0 Å². The molecule has 88 valence electrons. The lowest BCUT2D eigenvalue weighted by Gasteiger charge is -1.98. The third-order valence-electron chi connectivity index (χ3n) is 2.78. The number of fused-ring (bicyclic) bond motifs is 1. The Bertz CT molecular complexity index is 553. The van der Waals surface area contributed by atoms with Gasteiger partial charge in [-0.25, -0.2) is 4.68 Å². The molecule has 2 aromatic rings. The van der Waals surface area contributed by atoms with Crippen molar-refractivity contribution in [2.75, 3.05) is 0 Å². The van der Waals surface area contributed by atoms with E-state index < -0.39 is 5.97 Å². The van der Waals surface area contributed by atoms with Gasteiger partial charge in [-0.1, -0.05) is 0 Å². The Hall–Kier alpha value is -1.76. The highest BCUT2D eigenvalue weighted by Crippen LogP contribution is 2.35. The van der Waals surface area contributed by atoms with Crippen molar-refractivity contribution in [3.05, 3.63) is 16.5 Å². The number of tetrazole rings is 1. The highest BCUT2D eigenvalue weighted by Gasteiger charge is 2.19. The standard InChI is InChI=1S/C10H10N4O2S/c15-9(16)5-14-10(11-12-13-14)8-4-6-2-1-3-7(6)17-8/h4H,1-3,5H2,(H,15,16). The molecule has 0 saturated heterocycles. The summed E-state index contributed by atoms with van der Waals surface area (Å²) >= 11 is 1.66. The Kier molecular flexibility index (Phi) is 2.40. The number of carboxylic acid groups (broad SMARTS) is 1. The molecule has 0 bridgehead atoms. The molecule has 0 aliphatic heterocycles. The van der Waals surface area contributed by atoms with Crippen LogP contribution in [0.15, 0.2) is 6.07 Å². The van der Waals surface area contributed by atoms with Crippen LogP contribution in [0.2, 0.25) is 0 Å². The molecule has 1 N–H and O–H groups in total. The fourth-order valence-corrected chi connectivity index (χ4v) is 3.30. The number of nitrogens with zero attached hydrogens (tertiary/aromatic N) is 4. The highest BCUT2D eigenvalue weighted by atomic mass is 32.1. The zero-order valence-corrected chi connectivity index (χ0v) is 9.77. The van der Waals surface area contributed by atoms with E-state index in [0.29, 0.717) is 5.82 Å². The Morgan fingerprint density at radius 3 is 3.18 bits per heavy atom. The minimum Gasteiger partial charge on any atom is -0.480 e. The van der Waals surface area contributed by atoms with E-state index in [2.05, 4.69) is 21.6 Å². The SMILES string of the molecule is O=C(O)Cn1nnnc1-c1cc2c(s1)CCC2. The molecule has 6 nitrogen and oxygen atoms in total. The molecule has 17 heavy (non-hydrogen) atoms. The molecule has 2 aromatic heterocycles. The summed E-state index contributed by atoms with van der Waals surface area (Å²) in [4.78, 5) is 13.0. The van der Waals surface area contributed by atoms with Crippen LogP contribution in [0.4, 0.5) is 0 Å². The molecule has 7 heteroatoms. The summed E-state index contributed by atoms with van der Waals surface area (Å²) in [5.74, 6) is -0.394. The first kappa shape index (κ1) is 10.4. The van der Waals surface area contributed by atoms with Crippen LogP contribution in [-0.4, -0.2) is 31.3 Å². The van der Waals surface area contributed by atoms with Gasteiger partial charge in [0.05, 0.1) is 4.88 Å². The van der Waals surface area contributed by atoms with Crippen LogP contribution in [0.25, 0.3) is 10.7 Å². The molecular formula is C10H10N4O2S. The number of carboxylic acids is 1. The molecule has 0 aromatic carbocycles. The van der Waals surface area contributed by atoms with Gasteiger partial charge in [0, 0.05) is 4.88 Å². The van der Waals surface area contributed by atoms with Gasteiger partial charge in [-0.05, 0) is 41.3 Å². The lowest BCUT2D eigenvalue weighted by atomic mass is 10.2. The second-order valence-corrected chi connectivity index (χ2v) is 5.10. The van der Waals surface area contributed by atoms with E-state index in [0.717, 1.165) is 17.7 Å². The average molecular weight is 250 g/mol. The van der Waals surface area contributed by atoms with Gasteiger partial charge >= 0.3 is 5.97 Å². The predicted octanol–water partition coefficient (Wildman–Crippen LogP) is 0.975. The molecule has 1 aliphatic rings. The van der Waals surface area contributed by atoms with Gasteiger partial charge in [0.2, 0.25) is 0 Å². The maximum absolute atomic E-state index is 10.7. The number of carbonyl (C=O) groups is 1. The first-order chi connectivity index (χ1) is 8.24. The third kappa shape index (κ3) is 1.82. The van der Waals surface area contributed by atoms with E-state index in [1.54, 1.807) is 11.3 Å². The second kappa shape index (κ2) is 3.92. The maximum atomic E-state index is 10.7. The molecule has 0 atom stereocenters. The minimum atomic E-state index is -0.942. The van der Waals surface area contributed by atoms with Crippen molar-refractivity contribution in [1.82, 2.24) is 20.2 Å². The Morgan fingerprint density at radius 2 is 2.41 bits per heavy atom. The summed E-state index contributed by atoms with van der Waals surface area (Å²) in [7, 11) is 0. The van der Waals surface area contributed by atoms with E-state index in [1.165, 1.54) is 21.5 Å². The van der Waals surface area contributed by atoms with Gasteiger partial charge in [0.15, 0.2) is 5.82 Å². The first-order valence-corrected chi connectivity index (χ1v) is 6.15. The van der Waals surface area contributed by atoms with Crippen LogP contribution < -0.4 is 0 Å². The van der Waals surface area contributed by atoms with Crippen LogP contribution >= 0.6 is 11.3 Å². The number of aryl methyl sites for hydroxylation is 2. The number of aromatic nitrogens is 4. The van der Waals surface area contributed by atoms with E-state index in [1.807, 2.05) is 0 Å². The predicted molar refractivity (Wildman–Crippen MR) is 60.8 cm³/mol. The summed E-state index contributed by atoms with van der Waals surface area (Å²) in [5.41, 5.74) is 1.36. The minimum absolute atomic E-state index is 0.203. The van der Waals surface area contributed by atoms with Crippen molar-refractivity contribution in [2.45, 2.75) is 25.8 Å². The monoisotopic (exact) mass is 250 g/mol. The topological polar surface area (TPSA) is 80.9 Å². The average Bonchev–Trinajstić information content (AvgIpc) is 2.87. The fourth-order valence-electron chi connectivity index (χ4n) is 2.05. The molecule has 0 amide bonds. The maximum Gasteiger partial charge on any atom is 0.325 e. The van der Waals surface area contributed by atoms with Gasteiger partial charge in [-0.3, -0.25) is 4.79 Å². The van der Waals surface area contributed by atoms with Crippen LogP contribution in [0.5, 0.6) is 0 Å². The molecule has 0 spiro atoms. The van der Waals surface area contributed by atoms with Crippen molar-refractivity contribution in [2.24, 2.45) is 0 Å². The van der Waals surface area contributed by atoms with Gasteiger partial charge in [0.25, 0.3) is 0 Å². The summed E-state index contributed by atoms with van der Waals surface area (Å²) in [6, 6.07) is 2.08. The molecule has 0 saturated carbocycles. The molecule has 2 heterocycles. The first-order valence-electron chi connectivity index (χ1n) is 5.34. The summed E-state index contributed by atoms with van der Waals surface area (Å²) < 4.78 is 1.32. The zero-order valence-electron chi connectivity index (χ0n) is 8.96. The van der Waals surface area contributed by atoms with Crippen LogP contribution in [0, 0.1) is 0 Å². The number of aliphatic carboxylic acids is 1. The van der Waals surface area contributed by atoms with Crippen molar-refractivity contribution >= 4 is 17.3 Å². The smallest absolute Gasteiger partial charge is 0.325 e. The van der Waals surface area contributed by atoms with Gasteiger partial charge in [-0.2, -0.15) is 0 Å². The van der Waals surface area contributed by atoms with Gasteiger partial charge < -0.3 is 5.11 Å². The Morgan fingerprint density at radius 1 is 1.53 bits per heavy atom. The van der Waals surface area contributed by atoms with E-state index in [4.69, 9.17) is 5.11 Å². The highest BCUT2D eigenvalue weighted by molar-refractivity contribution is 7.15. The van der Waals surface area contributed by atoms with Crippen LogP contribution in [-0.2, 0) is 24.2 Å². The lowest BCUT2D eigenvalue weighted by molar-refractivity contribution is -0.137. The van der Waals surface area contributed by atoms with E-state index in [-0.39, 0.29) is 6.54 Å². The largest absolute Gasteiger partial charge is 0.480 e.